The molecule has 0 aliphatic heterocycles. The molecule has 2 heteroatoms. The van der Waals surface area contributed by atoms with Gasteiger partial charge in [-0.25, -0.2) is 0 Å². The maximum Gasteiger partial charge on any atom is 0.0703 e. The third-order valence-corrected chi connectivity index (χ3v) is 4.71. The summed E-state index contributed by atoms with van der Waals surface area (Å²) in [5.74, 6) is 0.985. The largest absolute Gasteiger partial charge is 0.384 e. The molecular weight excluding hydrogens is 292 g/mol. The van der Waals surface area contributed by atoms with Crippen LogP contribution in [0.25, 0.3) is 0 Å². The standard InChI is InChI=1S/C22H34N2/c1-6-7-15-23-20-13-8-9-14-21(20)24-22-18(16(2)3)11-10-12-19(22)17(4)5/h10-13,16-17,23H,6-9,14-15H2,1-5H3. The van der Waals surface area contributed by atoms with Gasteiger partial charge in [0.15, 0.2) is 0 Å². The van der Waals surface area contributed by atoms with Crippen molar-refractivity contribution in [2.45, 2.75) is 78.6 Å². The van der Waals surface area contributed by atoms with E-state index >= 15 is 0 Å². The van der Waals surface area contributed by atoms with E-state index in [1.54, 1.807) is 0 Å². The van der Waals surface area contributed by atoms with Gasteiger partial charge in [-0.05, 0) is 48.6 Å². The number of unbranched alkanes of at least 4 members (excludes halogenated alkanes) is 1. The molecule has 0 saturated heterocycles. The molecule has 0 radical (unpaired) electrons. The molecule has 1 aromatic carbocycles. The number of nitrogens with zero attached hydrogens (tertiary/aromatic N) is 1. The van der Waals surface area contributed by atoms with Gasteiger partial charge in [0.2, 0.25) is 0 Å². The zero-order chi connectivity index (χ0) is 17.5. The summed E-state index contributed by atoms with van der Waals surface area (Å²) in [6.07, 6.45) is 8.22. The number of allylic oxidation sites excluding steroid dienone is 2. The maximum atomic E-state index is 5.21. The Morgan fingerprint density at radius 3 is 2.33 bits per heavy atom. The van der Waals surface area contributed by atoms with Crippen LogP contribution in [0.4, 0.5) is 5.69 Å². The molecular formula is C22H34N2. The zero-order valence-corrected chi connectivity index (χ0v) is 16.2. The van der Waals surface area contributed by atoms with Crippen molar-refractivity contribution < 1.29 is 0 Å². The Hall–Kier alpha value is -1.57. The minimum absolute atomic E-state index is 0.493. The van der Waals surface area contributed by atoms with Crippen molar-refractivity contribution in [2.75, 3.05) is 6.54 Å². The summed E-state index contributed by atoms with van der Waals surface area (Å²) >= 11 is 0. The van der Waals surface area contributed by atoms with Gasteiger partial charge in [0.25, 0.3) is 0 Å². The molecule has 0 bridgehead atoms. The number of benzene rings is 1. The Morgan fingerprint density at radius 1 is 1.08 bits per heavy atom. The highest BCUT2D eigenvalue weighted by atomic mass is 14.9. The van der Waals surface area contributed by atoms with E-state index in [0.29, 0.717) is 11.8 Å². The van der Waals surface area contributed by atoms with Crippen LogP contribution in [0.15, 0.2) is 35.0 Å². The van der Waals surface area contributed by atoms with Crippen molar-refractivity contribution in [1.29, 1.82) is 0 Å². The monoisotopic (exact) mass is 326 g/mol. The van der Waals surface area contributed by atoms with Crippen LogP contribution in [0.1, 0.15) is 89.7 Å². The fourth-order valence-electron chi connectivity index (χ4n) is 3.23. The highest BCUT2D eigenvalue weighted by Gasteiger charge is 2.17. The van der Waals surface area contributed by atoms with E-state index in [2.05, 4.69) is 64.2 Å². The third-order valence-electron chi connectivity index (χ3n) is 4.71. The van der Waals surface area contributed by atoms with Crippen molar-refractivity contribution in [2.24, 2.45) is 4.99 Å². The zero-order valence-electron chi connectivity index (χ0n) is 16.2. The molecule has 0 aromatic heterocycles. The minimum atomic E-state index is 0.493. The lowest BCUT2D eigenvalue weighted by molar-refractivity contribution is 0.709. The van der Waals surface area contributed by atoms with Gasteiger partial charge in [-0.2, -0.15) is 0 Å². The first-order valence-corrected chi connectivity index (χ1v) is 9.69. The third kappa shape index (κ3) is 4.72. The average molecular weight is 327 g/mol. The SMILES string of the molecule is CCCCNC1=CCCCC1=Nc1c(C(C)C)cccc1C(C)C. The molecule has 0 unspecified atom stereocenters. The smallest absolute Gasteiger partial charge is 0.0703 e. The molecule has 0 atom stereocenters. The van der Waals surface area contributed by atoms with Crippen LogP contribution in [-0.4, -0.2) is 12.3 Å². The Morgan fingerprint density at radius 2 is 1.75 bits per heavy atom. The van der Waals surface area contributed by atoms with E-state index in [4.69, 9.17) is 4.99 Å². The molecule has 2 nitrogen and oxygen atoms in total. The predicted octanol–water partition coefficient (Wildman–Crippen LogP) is 6.46. The summed E-state index contributed by atoms with van der Waals surface area (Å²) in [5.41, 5.74) is 6.46. The van der Waals surface area contributed by atoms with E-state index in [1.165, 1.54) is 47.5 Å². The molecule has 0 spiro atoms. The number of para-hydroxylation sites is 1. The summed E-state index contributed by atoms with van der Waals surface area (Å²) in [6.45, 7) is 12.3. The van der Waals surface area contributed by atoms with Crippen LogP contribution < -0.4 is 5.32 Å². The molecule has 0 fully saturated rings. The van der Waals surface area contributed by atoms with Gasteiger partial charge < -0.3 is 5.32 Å². The second-order valence-electron chi connectivity index (χ2n) is 7.44. The number of aliphatic imine (C=N–C) groups is 1. The van der Waals surface area contributed by atoms with E-state index < -0.39 is 0 Å². The average Bonchev–Trinajstić information content (AvgIpc) is 2.56. The Balaban J connectivity index is 2.40. The summed E-state index contributed by atoms with van der Waals surface area (Å²) in [4.78, 5) is 5.21. The van der Waals surface area contributed by atoms with Crippen molar-refractivity contribution in [3.63, 3.8) is 0 Å². The topological polar surface area (TPSA) is 24.4 Å². The molecule has 0 heterocycles. The van der Waals surface area contributed by atoms with Gasteiger partial charge in [0.1, 0.15) is 0 Å². The normalized spacial score (nSPS) is 16.8. The van der Waals surface area contributed by atoms with Gasteiger partial charge in [0.05, 0.1) is 17.1 Å². The molecule has 0 saturated carbocycles. The molecule has 1 aliphatic rings. The molecule has 1 aromatic rings. The lowest BCUT2D eigenvalue weighted by atomic mass is 9.92. The van der Waals surface area contributed by atoms with Crippen LogP contribution in [0.3, 0.4) is 0 Å². The molecule has 1 aliphatic carbocycles. The fourth-order valence-corrected chi connectivity index (χ4v) is 3.23. The first-order valence-electron chi connectivity index (χ1n) is 9.69. The first kappa shape index (κ1) is 18.8. The van der Waals surface area contributed by atoms with Gasteiger partial charge in [0, 0.05) is 6.54 Å². The highest BCUT2D eigenvalue weighted by molar-refractivity contribution is 6.02. The second-order valence-corrected chi connectivity index (χ2v) is 7.44. The molecule has 132 valence electrons. The lowest BCUT2D eigenvalue weighted by Gasteiger charge is -2.21. The number of nitrogens with one attached hydrogen (secondary N) is 1. The molecule has 24 heavy (non-hydrogen) atoms. The quantitative estimate of drug-likeness (QED) is 0.571. The van der Waals surface area contributed by atoms with E-state index in [9.17, 15) is 0 Å². The van der Waals surface area contributed by atoms with E-state index in [-0.39, 0.29) is 0 Å². The van der Waals surface area contributed by atoms with Gasteiger partial charge in [-0.3, -0.25) is 4.99 Å². The van der Waals surface area contributed by atoms with Gasteiger partial charge in [-0.15, -0.1) is 0 Å². The van der Waals surface area contributed by atoms with E-state index in [1.807, 2.05) is 0 Å². The lowest BCUT2D eigenvalue weighted by Crippen LogP contribution is -2.23. The van der Waals surface area contributed by atoms with Crippen LogP contribution in [-0.2, 0) is 0 Å². The van der Waals surface area contributed by atoms with Crippen molar-refractivity contribution >= 4 is 11.4 Å². The van der Waals surface area contributed by atoms with Crippen molar-refractivity contribution in [3.8, 4) is 0 Å². The minimum Gasteiger partial charge on any atom is -0.384 e. The summed E-state index contributed by atoms with van der Waals surface area (Å²) in [6, 6.07) is 6.67. The van der Waals surface area contributed by atoms with Crippen LogP contribution in [0, 0.1) is 0 Å². The highest BCUT2D eigenvalue weighted by Crippen LogP contribution is 2.35. The maximum absolute atomic E-state index is 5.21. The fraction of sp³-hybridized carbons (Fsp3) is 0.591. The van der Waals surface area contributed by atoms with E-state index in [0.717, 1.165) is 19.4 Å². The van der Waals surface area contributed by atoms with Crippen LogP contribution in [0.2, 0.25) is 0 Å². The second kappa shape index (κ2) is 9.05. The summed E-state index contributed by atoms with van der Waals surface area (Å²) < 4.78 is 0. The Labute approximate surface area is 148 Å². The summed E-state index contributed by atoms with van der Waals surface area (Å²) in [5, 5.41) is 3.62. The Bertz CT molecular complexity index is 568. The summed E-state index contributed by atoms with van der Waals surface area (Å²) in [7, 11) is 0. The van der Waals surface area contributed by atoms with Gasteiger partial charge in [-0.1, -0.05) is 65.3 Å². The number of hydrogen-bond donors (Lipinski definition) is 1. The first-order chi connectivity index (χ1) is 11.5. The predicted molar refractivity (Wildman–Crippen MR) is 107 cm³/mol. The molecule has 0 amide bonds. The van der Waals surface area contributed by atoms with Crippen molar-refractivity contribution in [3.05, 3.63) is 41.1 Å². The van der Waals surface area contributed by atoms with Crippen LogP contribution in [0.5, 0.6) is 0 Å². The number of hydrogen-bond acceptors (Lipinski definition) is 2. The molecule has 2 rings (SSSR count). The Kier molecular flexibility index (Phi) is 7.08. The number of rotatable bonds is 7. The van der Waals surface area contributed by atoms with Crippen LogP contribution >= 0.6 is 0 Å². The van der Waals surface area contributed by atoms with Crippen molar-refractivity contribution in [1.82, 2.24) is 5.32 Å². The molecule has 1 N–H and O–H groups in total. The van der Waals surface area contributed by atoms with Gasteiger partial charge >= 0.3 is 0 Å².